The Labute approximate surface area is 106 Å². The third kappa shape index (κ3) is 3.56. The second-order valence-corrected chi connectivity index (χ2v) is 4.35. The van der Waals surface area contributed by atoms with Gasteiger partial charge >= 0.3 is 0 Å². The Balaban J connectivity index is 1.84. The van der Waals surface area contributed by atoms with Gasteiger partial charge in [0.15, 0.2) is 0 Å². The molecule has 0 fully saturated rings. The molecule has 0 aliphatic carbocycles. The lowest BCUT2D eigenvalue weighted by Crippen LogP contribution is -2.18. The molecule has 1 aromatic carbocycles. The zero-order valence-corrected chi connectivity index (χ0v) is 10.5. The average Bonchev–Trinajstić information content (AvgIpc) is 2.90. The molecule has 1 atom stereocenters. The van der Waals surface area contributed by atoms with Gasteiger partial charge in [-0.05, 0) is 31.0 Å². The first kappa shape index (κ1) is 12.6. The van der Waals surface area contributed by atoms with Crippen molar-refractivity contribution in [2.24, 2.45) is 0 Å². The molecule has 0 aliphatic rings. The van der Waals surface area contributed by atoms with E-state index in [0.29, 0.717) is 6.04 Å². The molecule has 96 valence electrons. The number of anilines is 1. The van der Waals surface area contributed by atoms with E-state index in [1.807, 2.05) is 28.9 Å². The number of hydrogen-bond donors (Lipinski definition) is 2. The molecule has 0 radical (unpaired) electrons. The number of aromatic nitrogens is 3. The maximum absolute atomic E-state index is 9.08. The molecule has 0 unspecified atom stereocenters. The van der Waals surface area contributed by atoms with Gasteiger partial charge in [0.25, 0.3) is 0 Å². The zero-order valence-electron chi connectivity index (χ0n) is 10.5. The van der Waals surface area contributed by atoms with Crippen molar-refractivity contribution in [3.8, 4) is 0 Å². The van der Waals surface area contributed by atoms with Crippen LogP contribution in [0.1, 0.15) is 18.9 Å². The predicted molar refractivity (Wildman–Crippen MR) is 70.1 cm³/mol. The molecule has 5 nitrogen and oxygen atoms in total. The monoisotopic (exact) mass is 246 g/mol. The second kappa shape index (κ2) is 6.16. The Morgan fingerprint density at radius 1 is 1.44 bits per heavy atom. The van der Waals surface area contributed by atoms with E-state index in [4.69, 9.17) is 5.11 Å². The molecule has 18 heavy (non-hydrogen) atoms. The normalized spacial score (nSPS) is 12.3. The molecular formula is C13H18N4O. The summed E-state index contributed by atoms with van der Waals surface area (Å²) in [5.41, 5.74) is 1.95. The molecule has 2 rings (SSSR count). The number of aliphatic hydroxyl groups excluding tert-OH is 1. The lowest BCUT2D eigenvalue weighted by molar-refractivity contribution is 0.282. The van der Waals surface area contributed by atoms with E-state index in [9.17, 15) is 0 Å². The maximum Gasteiger partial charge on any atom is 0.137 e. The molecule has 1 heterocycles. The van der Waals surface area contributed by atoms with Gasteiger partial charge in [-0.1, -0.05) is 12.1 Å². The number of nitrogens with zero attached hydrogens (tertiary/aromatic N) is 3. The Bertz CT molecular complexity index is 470. The third-order valence-corrected chi connectivity index (χ3v) is 2.78. The van der Waals surface area contributed by atoms with E-state index in [-0.39, 0.29) is 6.61 Å². The molecule has 0 saturated carbocycles. The first-order chi connectivity index (χ1) is 8.78. The van der Waals surface area contributed by atoms with Gasteiger partial charge in [-0.2, -0.15) is 5.10 Å². The summed E-state index contributed by atoms with van der Waals surface area (Å²) in [6.45, 7) is 3.04. The van der Waals surface area contributed by atoms with Crippen molar-refractivity contribution in [2.75, 3.05) is 5.32 Å². The molecule has 0 saturated heterocycles. The minimum atomic E-state index is 0.0723. The number of hydrogen-bond acceptors (Lipinski definition) is 4. The van der Waals surface area contributed by atoms with Gasteiger partial charge in [-0.15, -0.1) is 0 Å². The molecule has 1 aromatic heterocycles. The Morgan fingerprint density at radius 2 is 2.33 bits per heavy atom. The van der Waals surface area contributed by atoms with Crippen molar-refractivity contribution < 1.29 is 5.11 Å². The Kier molecular flexibility index (Phi) is 4.30. The Hall–Kier alpha value is -1.88. The number of aryl methyl sites for hydroxylation is 1. The predicted octanol–water partition coefficient (Wildman–Crippen LogP) is 1.66. The largest absolute Gasteiger partial charge is 0.392 e. The summed E-state index contributed by atoms with van der Waals surface area (Å²) in [5, 5.41) is 16.6. The fourth-order valence-electron chi connectivity index (χ4n) is 1.79. The molecular weight excluding hydrogens is 228 g/mol. The van der Waals surface area contributed by atoms with E-state index in [2.05, 4.69) is 22.3 Å². The summed E-state index contributed by atoms with van der Waals surface area (Å²) >= 11 is 0. The van der Waals surface area contributed by atoms with Crippen LogP contribution in [0.15, 0.2) is 36.9 Å². The van der Waals surface area contributed by atoms with Gasteiger partial charge in [0, 0.05) is 18.3 Å². The molecule has 0 spiro atoms. The third-order valence-electron chi connectivity index (χ3n) is 2.78. The van der Waals surface area contributed by atoms with Crippen LogP contribution in [0.25, 0.3) is 0 Å². The van der Waals surface area contributed by atoms with Gasteiger partial charge in [0.05, 0.1) is 6.61 Å². The van der Waals surface area contributed by atoms with Crippen molar-refractivity contribution in [1.82, 2.24) is 14.8 Å². The highest BCUT2D eigenvalue weighted by atomic mass is 16.3. The number of rotatable bonds is 6. The standard InChI is InChI=1S/C13H18N4O/c1-11(5-6-17-10-14-9-15-17)16-13-4-2-3-12(7-13)8-18/h2-4,7,9-11,16,18H,5-6,8H2,1H3/t11-/m1/s1. The van der Waals surface area contributed by atoms with Crippen molar-refractivity contribution in [3.63, 3.8) is 0 Å². The van der Waals surface area contributed by atoms with Crippen LogP contribution >= 0.6 is 0 Å². The van der Waals surface area contributed by atoms with E-state index in [1.54, 1.807) is 12.7 Å². The smallest absolute Gasteiger partial charge is 0.137 e. The lowest BCUT2D eigenvalue weighted by atomic mass is 10.2. The summed E-state index contributed by atoms with van der Waals surface area (Å²) in [6, 6.07) is 8.16. The molecule has 2 aromatic rings. The van der Waals surface area contributed by atoms with Crippen LogP contribution in [-0.2, 0) is 13.2 Å². The van der Waals surface area contributed by atoms with Crippen molar-refractivity contribution in [2.45, 2.75) is 32.5 Å². The highest BCUT2D eigenvalue weighted by Crippen LogP contribution is 2.13. The van der Waals surface area contributed by atoms with E-state index < -0.39 is 0 Å². The topological polar surface area (TPSA) is 63.0 Å². The average molecular weight is 246 g/mol. The summed E-state index contributed by atoms with van der Waals surface area (Å²) in [5.74, 6) is 0. The highest BCUT2D eigenvalue weighted by molar-refractivity contribution is 5.46. The zero-order chi connectivity index (χ0) is 12.8. The van der Waals surface area contributed by atoms with Gasteiger partial charge in [-0.3, -0.25) is 4.68 Å². The summed E-state index contributed by atoms with van der Waals surface area (Å²) in [6.07, 6.45) is 4.23. The fraction of sp³-hybridized carbons (Fsp3) is 0.385. The lowest BCUT2D eigenvalue weighted by Gasteiger charge is -2.15. The van der Waals surface area contributed by atoms with Crippen molar-refractivity contribution >= 4 is 5.69 Å². The molecule has 0 aliphatic heterocycles. The minimum Gasteiger partial charge on any atom is -0.392 e. The quantitative estimate of drug-likeness (QED) is 0.813. The summed E-state index contributed by atoms with van der Waals surface area (Å²) in [7, 11) is 0. The van der Waals surface area contributed by atoms with E-state index in [0.717, 1.165) is 24.2 Å². The number of nitrogens with one attached hydrogen (secondary N) is 1. The van der Waals surface area contributed by atoms with Crippen LogP contribution in [0.5, 0.6) is 0 Å². The molecule has 2 N–H and O–H groups in total. The van der Waals surface area contributed by atoms with E-state index in [1.165, 1.54) is 0 Å². The van der Waals surface area contributed by atoms with Crippen LogP contribution in [0.4, 0.5) is 5.69 Å². The number of benzene rings is 1. The van der Waals surface area contributed by atoms with Crippen LogP contribution in [0.2, 0.25) is 0 Å². The first-order valence-corrected chi connectivity index (χ1v) is 6.06. The van der Waals surface area contributed by atoms with Crippen LogP contribution in [-0.4, -0.2) is 25.9 Å². The van der Waals surface area contributed by atoms with Crippen LogP contribution in [0, 0.1) is 0 Å². The van der Waals surface area contributed by atoms with Gasteiger partial charge in [0.1, 0.15) is 12.7 Å². The molecule has 0 bridgehead atoms. The number of aliphatic hydroxyl groups is 1. The van der Waals surface area contributed by atoms with Crippen molar-refractivity contribution in [3.05, 3.63) is 42.5 Å². The van der Waals surface area contributed by atoms with Crippen LogP contribution in [0.3, 0.4) is 0 Å². The summed E-state index contributed by atoms with van der Waals surface area (Å²) in [4.78, 5) is 3.91. The van der Waals surface area contributed by atoms with Crippen LogP contribution < -0.4 is 5.32 Å². The molecule has 0 amide bonds. The fourth-order valence-corrected chi connectivity index (χ4v) is 1.79. The summed E-state index contributed by atoms with van der Waals surface area (Å²) < 4.78 is 1.82. The minimum absolute atomic E-state index is 0.0723. The maximum atomic E-state index is 9.08. The van der Waals surface area contributed by atoms with Crippen molar-refractivity contribution in [1.29, 1.82) is 0 Å². The first-order valence-electron chi connectivity index (χ1n) is 6.06. The second-order valence-electron chi connectivity index (χ2n) is 4.35. The van der Waals surface area contributed by atoms with Gasteiger partial charge in [-0.25, -0.2) is 4.98 Å². The van der Waals surface area contributed by atoms with Gasteiger partial charge < -0.3 is 10.4 Å². The van der Waals surface area contributed by atoms with Gasteiger partial charge in [0.2, 0.25) is 0 Å². The van der Waals surface area contributed by atoms with E-state index >= 15 is 0 Å². The highest BCUT2D eigenvalue weighted by Gasteiger charge is 2.03. The Morgan fingerprint density at radius 3 is 3.06 bits per heavy atom. The molecule has 5 heteroatoms. The SMILES string of the molecule is C[C@H](CCn1cncn1)Nc1cccc(CO)c1.